The summed E-state index contributed by atoms with van der Waals surface area (Å²) in [6.45, 7) is 2.23. The van der Waals surface area contributed by atoms with Crippen LogP contribution in [0.5, 0.6) is 0 Å². The Morgan fingerprint density at radius 1 is 1.00 bits per heavy atom. The van der Waals surface area contributed by atoms with E-state index >= 15 is 0 Å². The van der Waals surface area contributed by atoms with E-state index in [1.807, 2.05) is 18.2 Å². The SMILES string of the molecule is CCCCCCCCCC(=O)c1cc(Br)ccc1Br. The Kier molecular flexibility index (Phi) is 8.64. The summed E-state index contributed by atoms with van der Waals surface area (Å²) < 4.78 is 1.85. The van der Waals surface area contributed by atoms with E-state index in [1.165, 1.54) is 38.5 Å². The number of hydrogen-bond acceptors (Lipinski definition) is 1. The largest absolute Gasteiger partial charge is 0.294 e. The summed E-state index contributed by atoms with van der Waals surface area (Å²) in [5.74, 6) is 0.238. The molecular weight excluding hydrogens is 368 g/mol. The maximum Gasteiger partial charge on any atom is 0.164 e. The van der Waals surface area contributed by atoms with Crippen LogP contribution in [0.25, 0.3) is 0 Å². The van der Waals surface area contributed by atoms with Crippen molar-refractivity contribution in [1.29, 1.82) is 0 Å². The van der Waals surface area contributed by atoms with Gasteiger partial charge in [-0.25, -0.2) is 0 Å². The van der Waals surface area contributed by atoms with E-state index in [2.05, 4.69) is 38.8 Å². The standard InChI is InChI=1S/C16H22Br2O/c1-2-3-4-5-6-7-8-9-16(19)14-12-13(17)10-11-15(14)18/h10-12H,2-9H2,1H3. The van der Waals surface area contributed by atoms with Crippen LogP contribution in [0.15, 0.2) is 27.1 Å². The number of carbonyl (C=O) groups excluding carboxylic acids is 1. The minimum absolute atomic E-state index is 0.238. The van der Waals surface area contributed by atoms with Crippen molar-refractivity contribution in [3.63, 3.8) is 0 Å². The molecule has 0 spiro atoms. The third-order valence-corrected chi connectivity index (χ3v) is 4.42. The van der Waals surface area contributed by atoms with E-state index < -0.39 is 0 Å². The molecule has 0 aliphatic rings. The highest BCUT2D eigenvalue weighted by molar-refractivity contribution is 9.11. The van der Waals surface area contributed by atoms with Crippen molar-refractivity contribution < 1.29 is 4.79 Å². The maximum atomic E-state index is 12.1. The van der Waals surface area contributed by atoms with Crippen LogP contribution in [0.3, 0.4) is 0 Å². The fraction of sp³-hybridized carbons (Fsp3) is 0.562. The molecule has 106 valence electrons. The Morgan fingerprint density at radius 3 is 2.32 bits per heavy atom. The van der Waals surface area contributed by atoms with E-state index in [1.54, 1.807) is 0 Å². The predicted octanol–water partition coefficient (Wildman–Crippen LogP) is 6.54. The summed E-state index contributed by atoms with van der Waals surface area (Å²) >= 11 is 6.85. The Morgan fingerprint density at radius 2 is 1.63 bits per heavy atom. The molecule has 0 aliphatic carbocycles. The van der Waals surface area contributed by atoms with Gasteiger partial charge in [0, 0.05) is 20.9 Å². The van der Waals surface area contributed by atoms with Crippen LogP contribution in [-0.4, -0.2) is 5.78 Å². The molecule has 19 heavy (non-hydrogen) atoms. The molecular formula is C16H22Br2O. The summed E-state index contributed by atoms with van der Waals surface area (Å²) in [4.78, 5) is 12.1. The molecule has 1 nitrogen and oxygen atoms in total. The molecule has 0 radical (unpaired) electrons. The lowest BCUT2D eigenvalue weighted by molar-refractivity contribution is 0.0978. The smallest absolute Gasteiger partial charge is 0.164 e. The normalized spacial score (nSPS) is 10.7. The van der Waals surface area contributed by atoms with E-state index in [0.29, 0.717) is 6.42 Å². The number of carbonyl (C=O) groups is 1. The molecule has 0 fully saturated rings. The summed E-state index contributed by atoms with van der Waals surface area (Å²) in [6, 6.07) is 5.75. The van der Waals surface area contributed by atoms with Crippen LogP contribution < -0.4 is 0 Å². The minimum Gasteiger partial charge on any atom is -0.294 e. The Balaban J connectivity index is 2.26. The first kappa shape index (κ1) is 16.9. The quantitative estimate of drug-likeness (QED) is 0.346. The molecule has 1 rings (SSSR count). The van der Waals surface area contributed by atoms with E-state index in [-0.39, 0.29) is 5.78 Å². The third-order valence-electron chi connectivity index (χ3n) is 3.24. The number of halogens is 2. The second-order valence-corrected chi connectivity index (χ2v) is 6.69. The van der Waals surface area contributed by atoms with Crippen molar-refractivity contribution in [2.24, 2.45) is 0 Å². The Labute approximate surface area is 133 Å². The average molecular weight is 390 g/mol. The lowest BCUT2D eigenvalue weighted by Gasteiger charge is -2.05. The van der Waals surface area contributed by atoms with Gasteiger partial charge in [0.05, 0.1) is 0 Å². The summed E-state index contributed by atoms with van der Waals surface area (Å²) in [6.07, 6.45) is 9.35. The molecule has 1 aromatic rings. The second kappa shape index (κ2) is 9.71. The fourth-order valence-corrected chi connectivity index (χ4v) is 2.92. The van der Waals surface area contributed by atoms with Crippen LogP contribution in [0, 0.1) is 0 Å². The number of unbranched alkanes of at least 4 members (excludes halogenated alkanes) is 6. The van der Waals surface area contributed by atoms with Crippen molar-refractivity contribution >= 4 is 37.6 Å². The van der Waals surface area contributed by atoms with Crippen LogP contribution in [0.2, 0.25) is 0 Å². The van der Waals surface area contributed by atoms with Gasteiger partial charge in [-0.1, -0.05) is 77.3 Å². The molecule has 0 atom stereocenters. The zero-order valence-electron chi connectivity index (χ0n) is 11.6. The van der Waals surface area contributed by atoms with E-state index in [4.69, 9.17) is 0 Å². The van der Waals surface area contributed by atoms with Crippen LogP contribution >= 0.6 is 31.9 Å². The molecule has 0 amide bonds. The monoisotopic (exact) mass is 388 g/mol. The van der Waals surface area contributed by atoms with Gasteiger partial charge in [0.15, 0.2) is 5.78 Å². The van der Waals surface area contributed by atoms with Crippen molar-refractivity contribution in [1.82, 2.24) is 0 Å². The summed E-state index contributed by atoms with van der Waals surface area (Å²) in [7, 11) is 0. The molecule has 0 heterocycles. The highest BCUT2D eigenvalue weighted by Gasteiger charge is 2.10. The summed E-state index contributed by atoms with van der Waals surface area (Å²) in [5.41, 5.74) is 0.792. The second-order valence-electron chi connectivity index (χ2n) is 4.92. The van der Waals surface area contributed by atoms with Gasteiger partial charge in [-0.3, -0.25) is 4.79 Å². The zero-order valence-corrected chi connectivity index (χ0v) is 14.7. The molecule has 1 aromatic carbocycles. The van der Waals surface area contributed by atoms with Gasteiger partial charge >= 0.3 is 0 Å². The highest BCUT2D eigenvalue weighted by atomic mass is 79.9. The Hall–Kier alpha value is -0.150. The van der Waals surface area contributed by atoms with Crippen molar-refractivity contribution in [2.45, 2.75) is 58.3 Å². The molecule has 0 saturated heterocycles. The average Bonchev–Trinajstić information content (AvgIpc) is 2.40. The fourth-order valence-electron chi connectivity index (χ4n) is 2.09. The maximum absolute atomic E-state index is 12.1. The molecule has 3 heteroatoms. The first-order chi connectivity index (χ1) is 9.15. The summed E-state index contributed by atoms with van der Waals surface area (Å²) in [5, 5.41) is 0. The van der Waals surface area contributed by atoms with Gasteiger partial charge in [-0.05, 0) is 24.6 Å². The molecule has 0 saturated carbocycles. The third kappa shape index (κ3) is 6.71. The van der Waals surface area contributed by atoms with Crippen molar-refractivity contribution in [3.05, 3.63) is 32.7 Å². The number of benzene rings is 1. The lowest BCUT2D eigenvalue weighted by atomic mass is 10.0. The predicted molar refractivity (Wildman–Crippen MR) is 88.8 cm³/mol. The van der Waals surface area contributed by atoms with Crippen molar-refractivity contribution in [3.8, 4) is 0 Å². The zero-order chi connectivity index (χ0) is 14.1. The van der Waals surface area contributed by atoms with Crippen LogP contribution in [-0.2, 0) is 0 Å². The molecule has 0 aliphatic heterocycles. The number of ketones is 1. The molecule has 0 aromatic heterocycles. The van der Waals surface area contributed by atoms with Gasteiger partial charge in [0.25, 0.3) is 0 Å². The number of hydrogen-bond donors (Lipinski definition) is 0. The Bertz CT molecular complexity index is 402. The van der Waals surface area contributed by atoms with E-state index in [0.717, 1.165) is 20.9 Å². The van der Waals surface area contributed by atoms with Gasteiger partial charge in [-0.2, -0.15) is 0 Å². The van der Waals surface area contributed by atoms with E-state index in [9.17, 15) is 4.79 Å². The van der Waals surface area contributed by atoms with Crippen LogP contribution in [0.1, 0.15) is 68.6 Å². The van der Waals surface area contributed by atoms with Gasteiger partial charge in [-0.15, -0.1) is 0 Å². The number of rotatable bonds is 9. The van der Waals surface area contributed by atoms with Crippen molar-refractivity contribution in [2.75, 3.05) is 0 Å². The minimum atomic E-state index is 0.238. The lowest BCUT2D eigenvalue weighted by Crippen LogP contribution is -2.00. The number of Topliss-reactive ketones (excluding diaryl/α,β-unsaturated/α-hetero) is 1. The molecule has 0 unspecified atom stereocenters. The van der Waals surface area contributed by atoms with Gasteiger partial charge in [0.1, 0.15) is 0 Å². The first-order valence-corrected chi connectivity index (χ1v) is 8.72. The first-order valence-electron chi connectivity index (χ1n) is 7.13. The topological polar surface area (TPSA) is 17.1 Å². The van der Waals surface area contributed by atoms with Gasteiger partial charge in [0.2, 0.25) is 0 Å². The van der Waals surface area contributed by atoms with Crippen LogP contribution in [0.4, 0.5) is 0 Å². The highest BCUT2D eigenvalue weighted by Crippen LogP contribution is 2.23. The van der Waals surface area contributed by atoms with Gasteiger partial charge < -0.3 is 0 Å². The molecule has 0 bridgehead atoms. The molecule has 0 N–H and O–H groups in total.